The molecule has 138 valence electrons. The second kappa shape index (κ2) is 8.72. The lowest BCUT2D eigenvalue weighted by atomic mass is 10.2. The van der Waals surface area contributed by atoms with Gasteiger partial charge in [0.2, 0.25) is 0 Å². The number of rotatable bonds is 7. The van der Waals surface area contributed by atoms with Gasteiger partial charge in [0, 0.05) is 25.7 Å². The highest BCUT2D eigenvalue weighted by Gasteiger charge is 2.24. The molecule has 1 aliphatic heterocycles. The molecule has 2 aromatic rings. The zero-order valence-corrected chi connectivity index (χ0v) is 15.4. The van der Waals surface area contributed by atoms with E-state index in [0.717, 1.165) is 31.6 Å². The lowest BCUT2D eigenvalue weighted by molar-refractivity contribution is -0.123. The Bertz CT molecular complexity index is 733. The van der Waals surface area contributed by atoms with Crippen LogP contribution >= 0.6 is 0 Å². The van der Waals surface area contributed by atoms with Crippen LogP contribution in [0.1, 0.15) is 17.5 Å². The lowest BCUT2D eigenvalue weighted by Crippen LogP contribution is -2.39. The monoisotopic (exact) mass is 354 g/mol. The Morgan fingerprint density at radius 1 is 1.19 bits per heavy atom. The third kappa shape index (κ3) is 4.99. The number of likely N-dealkylation sites (tertiary alicyclic amines) is 1. The highest BCUT2D eigenvalue weighted by Crippen LogP contribution is 2.27. The maximum absolute atomic E-state index is 12.2. The number of nitrogens with one attached hydrogen (secondary N) is 1. The van der Waals surface area contributed by atoms with Crippen molar-refractivity contribution >= 4 is 5.91 Å². The second-order valence-electron chi connectivity index (χ2n) is 6.72. The third-order valence-electron chi connectivity index (χ3n) is 4.56. The predicted molar refractivity (Wildman–Crippen MR) is 101 cm³/mol. The van der Waals surface area contributed by atoms with Crippen LogP contribution < -0.4 is 14.8 Å². The number of carbonyl (C=O) groups excluding carboxylic acids is 1. The van der Waals surface area contributed by atoms with E-state index in [4.69, 9.17) is 9.47 Å². The molecule has 0 bridgehead atoms. The minimum absolute atomic E-state index is 0.00535. The summed E-state index contributed by atoms with van der Waals surface area (Å²) >= 11 is 0. The van der Waals surface area contributed by atoms with Crippen LogP contribution in [0, 0.1) is 6.92 Å². The maximum atomic E-state index is 12.2. The van der Waals surface area contributed by atoms with Crippen molar-refractivity contribution in [3.05, 3.63) is 59.7 Å². The molecule has 0 spiro atoms. The first kappa shape index (κ1) is 18.3. The Balaban J connectivity index is 1.44. The number of aryl methyl sites for hydroxylation is 1. The summed E-state index contributed by atoms with van der Waals surface area (Å²) < 4.78 is 10.9. The van der Waals surface area contributed by atoms with Crippen LogP contribution in [0.4, 0.5) is 0 Å². The quantitative estimate of drug-likeness (QED) is 0.831. The molecule has 26 heavy (non-hydrogen) atoms. The van der Waals surface area contributed by atoms with Gasteiger partial charge >= 0.3 is 0 Å². The fourth-order valence-corrected chi connectivity index (χ4v) is 3.24. The summed E-state index contributed by atoms with van der Waals surface area (Å²) in [5.74, 6) is 1.14. The fourth-order valence-electron chi connectivity index (χ4n) is 3.24. The van der Waals surface area contributed by atoms with Gasteiger partial charge in [0.05, 0.1) is 7.11 Å². The molecule has 0 aromatic heterocycles. The van der Waals surface area contributed by atoms with E-state index in [0.29, 0.717) is 11.5 Å². The first-order valence-corrected chi connectivity index (χ1v) is 8.97. The van der Waals surface area contributed by atoms with E-state index in [1.807, 2.05) is 31.2 Å². The highest BCUT2D eigenvalue weighted by molar-refractivity contribution is 5.78. The molecular formula is C21H26N2O3. The van der Waals surface area contributed by atoms with Gasteiger partial charge in [-0.05, 0) is 36.6 Å². The van der Waals surface area contributed by atoms with E-state index in [-0.39, 0.29) is 18.6 Å². The van der Waals surface area contributed by atoms with Gasteiger partial charge in [-0.25, -0.2) is 0 Å². The van der Waals surface area contributed by atoms with E-state index >= 15 is 0 Å². The minimum Gasteiger partial charge on any atom is -0.493 e. The summed E-state index contributed by atoms with van der Waals surface area (Å²) in [5.41, 5.74) is 2.39. The molecule has 1 unspecified atom stereocenters. The smallest absolute Gasteiger partial charge is 0.258 e. The van der Waals surface area contributed by atoms with Crippen LogP contribution in [0.5, 0.6) is 11.5 Å². The molecule has 3 rings (SSSR count). The molecule has 1 saturated heterocycles. The van der Waals surface area contributed by atoms with Crippen LogP contribution in [0.15, 0.2) is 48.5 Å². The molecule has 1 N–H and O–H groups in total. The van der Waals surface area contributed by atoms with Crippen molar-refractivity contribution in [1.29, 1.82) is 0 Å². The summed E-state index contributed by atoms with van der Waals surface area (Å²) in [7, 11) is 1.60. The fraction of sp³-hybridized carbons (Fsp3) is 0.381. The lowest BCUT2D eigenvalue weighted by Gasteiger charge is -2.17. The summed E-state index contributed by atoms with van der Waals surface area (Å²) in [5, 5.41) is 3.07. The topological polar surface area (TPSA) is 50.8 Å². The first-order valence-electron chi connectivity index (χ1n) is 8.97. The van der Waals surface area contributed by atoms with Crippen molar-refractivity contribution in [1.82, 2.24) is 10.2 Å². The number of carbonyl (C=O) groups is 1. The molecule has 5 heteroatoms. The number of ether oxygens (including phenoxy) is 2. The van der Waals surface area contributed by atoms with Crippen LogP contribution in [0.25, 0.3) is 0 Å². The minimum atomic E-state index is -0.0980. The van der Waals surface area contributed by atoms with Crippen LogP contribution in [0.3, 0.4) is 0 Å². The highest BCUT2D eigenvalue weighted by atomic mass is 16.5. The van der Waals surface area contributed by atoms with Gasteiger partial charge in [-0.2, -0.15) is 0 Å². The van der Waals surface area contributed by atoms with Crippen molar-refractivity contribution < 1.29 is 14.3 Å². The Kier molecular flexibility index (Phi) is 6.12. The van der Waals surface area contributed by atoms with Crippen molar-refractivity contribution in [3.8, 4) is 11.5 Å². The summed E-state index contributed by atoms with van der Waals surface area (Å²) in [6.07, 6.45) is 0.965. The van der Waals surface area contributed by atoms with Crippen molar-refractivity contribution in [2.24, 2.45) is 0 Å². The van der Waals surface area contributed by atoms with Crippen molar-refractivity contribution in [2.75, 3.05) is 26.8 Å². The number of nitrogens with zero attached hydrogens (tertiary/aromatic N) is 1. The SMILES string of the molecule is COc1cc(C)ccc1OCC(=O)NC1CCN(Cc2ccccc2)C1. The second-order valence-corrected chi connectivity index (χ2v) is 6.72. The largest absolute Gasteiger partial charge is 0.493 e. The summed E-state index contributed by atoms with van der Waals surface area (Å²) in [6, 6.07) is 16.2. The summed E-state index contributed by atoms with van der Waals surface area (Å²) in [6.45, 7) is 4.76. The number of methoxy groups -OCH3 is 1. The Morgan fingerprint density at radius 3 is 2.77 bits per heavy atom. The van der Waals surface area contributed by atoms with Gasteiger partial charge in [-0.3, -0.25) is 9.69 Å². The van der Waals surface area contributed by atoms with E-state index < -0.39 is 0 Å². The van der Waals surface area contributed by atoms with Gasteiger partial charge < -0.3 is 14.8 Å². The zero-order chi connectivity index (χ0) is 18.4. The number of benzene rings is 2. The van der Waals surface area contributed by atoms with Crippen LogP contribution in [-0.4, -0.2) is 43.7 Å². The normalized spacial score (nSPS) is 17.1. The van der Waals surface area contributed by atoms with E-state index in [1.165, 1.54) is 5.56 Å². The van der Waals surface area contributed by atoms with Gasteiger partial charge in [-0.1, -0.05) is 36.4 Å². The molecule has 1 heterocycles. The number of hydrogen-bond acceptors (Lipinski definition) is 4. The van der Waals surface area contributed by atoms with Crippen LogP contribution in [0.2, 0.25) is 0 Å². The molecule has 1 atom stereocenters. The van der Waals surface area contributed by atoms with Crippen molar-refractivity contribution in [2.45, 2.75) is 25.9 Å². The van der Waals surface area contributed by atoms with Crippen LogP contribution in [-0.2, 0) is 11.3 Å². The molecule has 5 nitrogen and oxygen atoms in total. The molecule has 0 saturated carbocycles. The Morgan fingerprint density at radius 2 is 2.00 bits per heavy atom. The molecule has 0 aliphatic carbocycles. The van der Waals surface area contributed by atoms with E-state index in [1.54, 1.807) is 7.11 Å². The standard InChI is InChI=1S/C21H26N2O3/c1-16-8-9-19(20(12-16)25-2)26-15-21(24)22-18-10-11-23(14-18)13-17-6-4-3-5-7-17/h3-9,12,18H,10-11,13-15H2,1-2H3,(H,22,24). The Labute approximate surface area is 154 Å². The Hall–Kier alpha value is -2.53. The summed E-state index contributed by atoms with van der Waals surface area (Å²) in [4.78, 5) is 14.6. The number of hydrogen-bond donors (Lipinski definition) is 1. The van der Waals surface area contributed by atoms with E-state index in [9.17, 15) is 4.79 Å². The third-order valence-corrected chi connectivity index (χ3v) is 4.56. The molecule has 1 aliphatic rings. The molecule has 0 radical (unpaired) electrons. The van der Waals surface area contributed by atoms with Gasteiger partial charge in [0.25, 0.3) is 5.91 Å². The van der Waals surface area contributed by atoms with Crippen molar-refractivity contribution in [3.63, 3.8) is 0 Å². The molecule has 1 amide bonds. The van der Waals surface area contributed by atoms with Gasteiger partial charge in [0.1, 0.15) is 0 Å². The van der Waals surface area contributed by atoms with Gasteiger partial charge in [0.15, 0.2) is 18.1 Å². The molecule has 1 fully saturated rings. The first-order chi connectivity index (χ1) is 12.6. The maximum Gasteiger partial charge on any atom is 0.258 e. The van der Waals surface area contributed by atoms with E-state index in [2.05, 4.69) is 34.5 Å². The molecular weight excluding hydrogens is 328 g/mol. The number of amides is 1. The molecule has 2 aromatic carbocycles. The predicted octanol–water partition coefficient (Wildman–Crippen LogP) is 2.77. The zero-order valence-electron chi connectivity index (χ0n) is 15.4. The average Bonchev–Trinajstić information content (AvgIpc) is 3.08. The van der Waals surface area contributed by atoms with Gasteiger partial charge in [-0.15, -0.1) is 0 Å². The average molecular weight is 354 g/mol.